The largest absolute Gasteiger partial charge is 0.502 e. The molecule has 8 nitrogen and oxygen atoms in total. The lowest BCUT2D eigenvalue weighted by Gasteiger charge is -2.08. The van der Waals surface area contributed by atoms with Crippen molar-refractivity contribution >= 4 is 29.4 Å². The normalized spacial score (nSPS) is 10.7. The van der Waals surface area contributed by atoms with Crippen molar-refractivity contribution in [2.75, 3.05) is 6.61 Å². The summed E-state index contributed by atoms with van der Waals surface area (Å²) in [4.78, 5) is 21.9. The highest BCUT2D eigenvalue weighted by Gasteiger charge is 2.17. The van der Waals surface area contributed by atoms with E-state index in [9.17, 15) is 20.0 Å². The topological polar surface area (TPSA) is 114 Å². The van der Waals surface area contributed by atoms with Crippen LogP contribution in [0.5, 0.6) is 11.5 Å². The minimum Gasteiger partial charge on any atom is -0.502 e. The van der Waals surface area contributed by atoms with Crippen LogP contribution in [0.3, 0.4) is 0 Å². The molecule has 9 heteroatoms. The minimum absolute atomic E-state index is 0.0000491. The Balaban J connectivity index is 1.99. The van der Waals surface area contributed by atoms with E-state index in [0.29, 0.717) is 5.75 Å². The lowest BCUT2D eigenvalue weighted by molar-refractivity contribution is -0.385. The first-order valence-electron chi connectivity index (χ1n) is 7.47. The Kier molecular flexibility index (Phi) is 6.13. The van der Waals surface area contributed by atoms with Gasteiger partial charge in [-0.1, -0.05) is 23.7 Å². The van der Waals surface area contributed by atoms with E-state index < -0.39 is 22.3 Å². The maximum absolute atomic E-state index is 11.8. The number of nitrogens with one attached hydrogen (secondary N) is 1. The zero-order valence-corrected chi connectivity index (χ0v) is 14.8. The maximum atomic E-state index is 11.8. The molecule has 0 fully saturated rings. The van der Waals surface area contributed by atoms with Crippen molar-refractivity contribution in [1.82, 2.24) is 5.43 Å². The van der Waals surface area contributed by atoms with Gasteiger partial charge in [-0.15, -0.1) is 0 Å². The average Bonchev–Trinajstić information content (AvgIpc) is 2.58. The van der Waals surface area contributed by atoms with Crippen molar-refractivity contribution in [3.8, 4) is 11.5 Å². The van der Waals surface area contributed by atoms with Gasteiger partial charge < -0.3 is 9.84 Å². The molecule has 136 valence electrons. The SMILES string of the molecule is Cc1ccc(C)c(OCC(=O)NN=Cc2cc(Cl)cc([N+](=O)[O-])c2O)c1. The molecule has 1 amide bonds. The summed E-state index contributed by atoms with van der Waals surface area (Å²) < 4.78 is 5.43. The standard InChI is InChI=1S/C17H16ClN3O5/c1-10-3-4-11(2)15(5-10)26-9-16(22)20-19-8-12-6-13(18)7-14(17(12)23)21(24)25/h3-8,23H,9H2,1-2H3,(H,20,22). The molecule has 0 spiro atoms. The molecule has 2 aromatic rings. The summed E-state index contributed by atoms with van der Waals surface area (Å²) in [6.45, 7) is 3.51. The molecule has 0 heterocycles. The van der Waals surface area contributed by atoms with Gasteiger partial charge in [0.2, 0.25) is 5.75 Å². The summed E-state index contributed by atoms with van der Waals surface area (Å²) >= 11 is 5.77. The van der Waals surface area contributed by atoms with Gasteiger partial charge in [0.25, 0.3) is 5.91 Å². The maximum Gasteiger partial charge on any atom is 0.312 e. The van der Waals surface area contributed by atoms with E-state index in [1.807, 2.05) is 32.0 Å². The van der Waals surface area contributed by atoms with Gasteiger partial charge in [0.15, 0.2) is 6.61 Å². The van der Waals surface area contributed by atoms with Crippen molar-refractivity contribution < 1.29 is 19.6 Å². The first-order valence-corrected chi connectivity index (χ1v) is 7.84. The third-order valence-electron chi connectivity index (χ3n) is 3.38. The Labute approximate surface area is 154 Å². The Morgan fingerprint density at radius 3 is 2.81 bits per heavy atom. The van der Waals surface area contributed by atoms with Gasteiger partial charge in [-0.25, -0.2) is 5.43 Å². The molecule has 0 unspecified atom stereocenters. The fourth-order valence-electron chi connectivity index (χ4n) is 2.06. The van der Waals surface area contributed by atoms with Gasteiger partial charge in [-0.05, 0) is 37.1 Å². The van der Waals surface area contributed by atoms with E-state index in [2.05, 4.69) is 10.5 Å². The van der Waals surface area contributed by atoms with Gasteiger partial charge in [0.05, 0.1) is 11.1 Å². The number of nitro benzene ring substituents is 1. The summed E-state index contributed by atoms with van der Waals surface area (Å²) in [6.07, 6.45) is 1.06. The van der Waals surface area contributed by atoms with Crippen LogP contribution in [0.15, 0.2) is 35.4 Å². The number of aryl methyl sites for hydroxylation is 2. The predicted octanol–water partition coefficient (Wildman–Crippen LogP) is 3.10. The van der Waals surface area contributed by atoms with Crippen LogP contribution in [0.25, 0.3) is 0 Å². The first-order chi connectivity index (χ1) is 12.3. The lowest BCUT2D eigenvalue weighted by atomic mass is 10.1. The number of amides is 1. The molecule has 0 saturated heterocycles. The van der Waals surface area contributed by atoms with E-state index in [4.69, 9.17) is 16.3 Å². The molecule has 0 aliphatic rings. The number of hydrogen-bond acceptors (Lipinski definition) is 6. The molecule has 2 N–H and O–H groups in total. The molecule has 0 aliphatic heterocycles. The zero-order chi connectivity index (χ0) is 19.3. The molecular weight excluding hydrogens is 362 g/mol. The number of phenolic OH excluding ortho intramolecular Hbond substituents is 1. The minimum atomic E-state index is -0.769. The van der Waals surface area contributed by atoms with Crippen LogP contribution >= 0.6 is 11.6 Å². The number of aromatic hydroxyl groups is 1. The van der Waals surface area contributed by atoms with Crippen molar-refractivity contribution in [2.45, 2.75) is 13.8 Å². The Bertz CT molecular complexity index is 883. The third-order valence-corrected chi connectivity index (χ3v) is 3.59. The first kappa shape index (κ1) is 19.2. The summed E-state index contributed by atoms with van der Waals surface area (Å²) in [5, 5.41) is 24.4. The second-order valence-corrected chi connectivity index (χ2v) is 5.91. The molecule has 0 saturated carbocycles. The van der Waals surface area contributed by atoms with E-state index in [-0.39, 0.29) is 17.2 Å². The van der Waals surface area contributed by atoms with E-state index in [1.54, 1.807) is 0 Å². The van der Waals surface area contributed by atoms with Gasteiger partial charge in [-0.2, -0.15) is 5.10 Å². The Morgan fingerprint density at radius 1 is 1.38 bits per heavy atom. The van der Waals surface area contributed by atoms with Crippen molar-refractivity contribution in [3.05, 3.63) is 62.2 Å². The van der Waals surface area contributed by atoms with Gasteiger partial charge in [0.1, 0.15) is 5.75 Å². The highest BCUT2D eigenvalue weighted by atomic mass is 35.5. The highest BCUT2D eigenvalue weighted by molar-refractivity contribution is 6.31. The quantitative estimate of drug-likeness (QED) is 0.456. The van der Waals surface area contributed by atoms with Crippen molar-refractivity contribution in [2.24, 2.45) is 5.10 Å². The van der Waals surface area contributed by atoms with Gasteiger partial charge in [-0.3, -0.25) is 14.9 Å². The number of ether oxygens (including phenoxy) is 1. The van der Waals surface area contributed by atoms with Crippen LogP contribution < -0.4 is 10.2 Å². The van der Waals surface area contributed by atoms with Crippen LogP contribution in [0.4, 0.5) is 5.69 Å². The number of hydrazone groups is 1. The second-order valence-electron chi connectivity index (χ2n) is 5.47. The van der Waals surface area contributed by atoms with Crippen LogP contribution in [-0.2, 0) is 4.79 Å². The number of nitrogens with zero attached hydrogens (tertiary/aromatic N) is 2. The number of carbonyl (C=O) groups excluding carboxylic acids is 1. The fraction of sp³-hybridized carbons (Fsp3) is 0.176. The van der Waals surface area contributed by atoms with Crippen LogP contribution in [-0.4, -0.2) is 28.8 Å². The van der Waals surface area contributed by atoms with Crippen LogP contribution in [0, 0.1) is 24.0 Å². The molecule has 0 aliphatic carbocycles. The number of phenols is 1. The molecular formula is C17H16ClN3O5. The number of rotatable bonds is 6. The molecule has 2 rings (SSSR count). The van der Waals surface area contributed by atoms with E-state index >= 15 is 0 Å². The monoisotopic (exact) mass is 377 g/mol. The summed E-state index contributed by atoms with van der Waals surface area (Å²) in [7, 11) is 0. The van der Waals surface area contributed by atoms with E-state index in [1.165, 1.54) is 6.07 Å². The number of hydrogen-bond donors (Lipinski definition) is 2. The summed E-state index contributed by atoms with van der Waals surface area (Å²) in [6, 6.07) is 7.94. The highest BCUT2D eigenvalue weighted by Crippen LogP contribution is 2.32. The third kappa shape index (κ3) is 4.93. The number of benzene rings is 2. The fourth-order valence-corrected chi connectivity index (χ4v) is 2.28. The van der Waals surface area contributed by atoms with Gasteiger partial charge >= 0.3 is 5.69 Å². The number of carbonyl (C=O) groups is 1. The molecule has 0 atom stereocenters. The van der Waals surface area contributed by atoms with Crippen molar-refractivity contribution in [1.29, 1.82) is 0 Å². The Morgan fingerprint density at radius 2 is 2.12 bits per heavy atom. The Hall–Kier alpha value is -3.13. The molecule has 2 aromatic carbocycles. The number of halogens is 1. The number of nitro groups is 1. The van der Waals surface area contributed by atoms with Crippen molar-refractivity contribution in [3.63, 3.8) is 0 Å². The average molecular weight is 378 g/mol. The summed E-state index contributed by atoms with van der Waals surface area (Å²) in [5.41, 5.74) is 3.55. The van der Waals surface area contributed by atoms with Crippen LogP contribution in [0.1, 0.15) is 16.7 Å². The molecule has 26 heavy (non-hydrogen) atoms. The summed E-state index contributed by atoms with van der Waals surface area (Å²) in [5.74, 6) is -0.533. The molecule has 0 bridgehead atoms. The molecule has 0 aromatic heterocycles. The van der Waals surface area contributed by atoms with Crippen LogP contribution in [0.2, 0.25) is 5.02 Å². The lowest BCUT2D eigenvalue weighted by Crippen LogP contribution is -2.24. The van der Waals surface area contributed by atoms with E-state index in [0.717, 1.165) is 23.4 Å². The van der Waals surface area contributed by atoms with Gasteiger partial charge in [0, 0.05) is 16.7 Å². The molecule has 0 radical (unpaired) electrons. The zero-order valence-electron chi connectivity index (χ0n) is 14.0. The second kappa shape index (κ2) is 8.30. The smallest absolute Gasteiger partial charge is 0.312 e. The predicted molar refractivity (Wildman–Crippen MR) is 96.9 cm³/mol.